The van der Waals surface area contributed by atoms with Crippen LogP contribution in [-0.2, 0) is 38.1 Å². The molecule has 4 aliphatic heterocycles. The third-order valence-corrected chi connectivity index (χ3v) is 12.0. The first-order valence-electron chi connectivity index (χ1n) is 22.6. The van der Waals surface area contributed by atoms with Crippen molar-refractivity contribution in [2.45, 2.75) is 45.6 Å². The summed E-state index contributed by atoms with van der Waals surface area (Å²) in [5.41, 5.74) is 4.71. The molecule has 7 amide bonds. The molecule has 2 aromatic carbocycles. The predicted molar refractivity (Wildman–Crippen MR) is 243 cm³/mol. The van der Waals surface area contributed by atoms with Gasteiger partial charge >= 0.3 is 0 Å². The van der Waals surface area contributed by atoms with Gasteiger partial charge < -0.3 is 44.8 Å². The van der Waals surface area contributed by atoms with Crippen LogP contribution in [-0.4, -0.2) is 166 Å². The van der Waals surface area contributed by atoms with Gasteiger partial charge in [-0.05, 0) is 75.2 Å². The number of piperazine rings is 1. The first kappa shape index (κ1) is 48.6. The Kier molecular flexibility index (Phi) is 16.6. The quantitative estimate of drug-likeness (QED) is 0.0524. The van der Waals surface area contributed by atoms with E-state index in [2.05, 4.69) is 31.2 Å². The molecule has 358 valence electrons. The minimum atomic E-state index is -1.03. The summed E-state index contributed by atoms with van der Waals surface area (Å²) in [4.78, 5) is 96.9. The Labute approximate surface area is 387 Å². The molecule has 3 aromatic rings. The molecular formula is C47H57FN8O11. The van der Waals surface area contributed by atoms with Crippen LogP contribution in [0.5, 0.6) is 0 Å². The van der Waals surface area contributed by atoms with Gasteiger partial charge in [-0.1, -0.05) is 6.07 Å². The molecule has 5 heterocycles. The number of hydrogen-bond donors (Lipinski definition) is 5. The van der Waals surface area contributed by atoms with Crippen molar-refractivity contribution in [3.05, 3.63) is 81.4 Å². The number of halogens is 1. The van der Waals surface area contributed by atoms with Crippen LogP contribution in [0, 0.1) is 19.7 Å². The van der Waals surface area contributed by atoms with Gasteiger partial charge in [-0.15, -0.1) is 0 Å². The summed E-state index contributed by atoms with van der Waals surface area (Å²) in [5.74, 6) is -3.16. The summed E-state index contributed by atoms with van der Waals surface area (Å²) in [6.45, 7) is 10.7. The van der Waals surface area contributed by atoms with E-state index in [1.54, 1.807) is 31.2 Å². The van der Waals surface area contributed by atoms with Gasteiger partial charge in [0.25, 0.3) is 23.6 Å². The number of nitrogens with one attached hydrogen (secondary N) is 5. The Morgan fingerprint density at radius 1 is 0.821 bits per heavy atom. The molecule has 0 saturated carbocycles. The van der Waals surface area contributed by atoms with Gasteiger partial charge in [0.15, 0.2) is 0 Å². The van der Waals surface area contributed by atoms with E-state index in [1.165, 1.54) is 18.2 Å². The minimum Gasteiger partial charge on any atom is -0.382 e. The number of ether oxygens (including phenoxy) is 4. The van der Waals surface area contributed by atoms with Gasteiger partial charge in [-0.3, -0.25) is 48.7 Å². The van der Waals surface area contributed by atoms with Gasteiger partial charge in [-0.25, -0.2) is 4.39 Å². The highest BCUT2D eigenvalue weighted by atomic mass is 19.1. The number of aryl methyl sites for hydroxylation is 1. The van der Waals surface area contributed by atoms with Crippen LogP contribution >= 0.6 is 0 Å². The molecule has 2 saturated heterocycles. The average Bonchev–Trinajstić information content (AvgIpc) is 3.88. The van der Waals surface area contributed by atoms with Crippen LogP contribution in [0.1, 0.15) is 79.3 Å². The molecule has 7 rings (SSSR count). The summed E-state index contributed by atoms with van der Waals surface area (Å²) in [7, 11) is 0. The van der Waals surface area contributed by atoms with Crippen molar-refractivity contribution in [1.82, 2.24) is 30.3 Å². The van der Waals surface area contributed by atoms with Crippen LogP contribution in [0.25, 0.3) is 11.6 Å². The normalized spacial score (nSPS) is 17.8. The lowest BCUT2D eigenvalue weighted by molar-refractivity contribution is -0.136. The molecule has 19 nitrogen and oxygen atoms in total. The number of aromatic nitrogens is 1. The van der Waals surface area contributed by atoms with Crippen molar-refractivity contribution < 1.29 is 56.9 Å². The molecule has 0 bridgehead atoms. The molecule has 4 aliphatic rings. The van der Waals surface area contributed by atoms with Gasteiger partial charge in [0.2, 0.25) is 17.7 Å². The SMILES string of the molecule is Cc1[nH]c(/C=C2\C(=O)Nc3ccc(F)cc32)c(C)c1C(=O)NCCCN1CCN(C(=O)CCOCCOCCOCCOCCNc2cccc3c2C(=O)N(C2CCC(=O)NC2=O)C3=O)CC1. The highest BCUT2D eigenvalue weighted by Crippen LogP contribution is 2.35. The zero-order valence-corrected chi connectivity index (χ0v) is 37.8. The monoisotopic (exact) mass is 928 g/mol. The van der Waals surface area contributed by atoms with Crippen LogP contribution in [0.15, 0.2) is 36.4 Å². The highest BCUT2D eigenvalue weighted by molar-refractivity contribution is 6.35. The number of piperidine rings is 1. The number of amides is 7. The molecule has 1 unspecified atom stereocenters. The predicted octanol–water partition coefficient (Wildman–Crippen LogP) is 2.50. The van der Waals surface area contributed by atoms with E-state index in [1.807, 2.05) is 11.8 Å². The molecule has 5 N–H and O–H groups in total. The summed E-state index contributed by atoms with van der Waals surface area (Å²) in [5, 5.41) is 11.1. The van der Waals surface area contributed by atoms with Crippen LogP contribution in [0.2, 0.25) is 0 Å². The van der Waals surface area contributed by atoms with Crippen molar-refractivity contribution in [3.63, 3.8) is 0 Å². The van der Waals surface area contributed by atoms with Crippen LogP contribution in [0.3, 0.4) is 0 Å². The standard InChI is InChI=1S/C47H57FN8O11/c1-29-37(28-34-33-27-31(48)7-8-35(33)52-43(34)59)51-30(2)41(29)45(61)50-12-4-14-54-15-17-55(18-16-54)40(58)11-19-64-21-23-66-25-26-67-24-22-65-20-13-49-36-6-3-5-32-42(36)47(63)56(46(32)62)38-9-10-39(57)53-44(38)60/h3,5-8,27-28,38,49,51H,4,9-26H2,1-2H3,(H,50,61)(H,52,59)(H,53,57,60)/b34-28-. The Hall–Kier alpha value is -6.32. The fourth-order valence-electron chi connectivity index (χ4n) is 8.52. The number of carbonyl (C=O) groups excluding carboxylic acids is 7. The number of aromatic amines is 1. The molecule has 67 heavy (non-hydrogen) atoms. The molecule has 1 atom stereocenters. The van der Waals surface area contributed by atoms with Gasteiger partial charge in [0, 0.05) is 74.0 Å². The minimum absolute atomic E-state index is 0.0463. The third kappa shape index (κ3) is 12.0. The zero-order chi connectivity index (χ0) is 47.5. The lowest BCUT2D eigenvalue weighted by Crippen LogP contribution is -2.54. The molecule has 0 radical (unpaired) electrons. The number of nitrogens with zero attached hydrogens (tertiary/aromatic N) is 3. The fourth-order valence-corrected chi connectivity index (χ4v) is 8.52. The number of anilines is 2. The first-order chi connectivity index (χ1) is 32.4. The zero-order valence-electron chi connectivity index (χ0n) is 37.8. The number of rotatable bonds is 23. The van der Waals surface area contributed by atoms with Crippen molar-refractivity contribution >= 4 is 64.4 Å². The lowest BCUT2D eigenvalue weighted by Gasteiger charge is -2.34. The maximum atomic E-state index is 13.9. The smallest absolute Gasteiger partial charge is 0.264 e. The van der Waals surface area contributed by atoms with E-state index >= 15 is 0 Å². The van der Waals surface area contributed by atoms with Crippen LogP contribution < -0.4 is 21.3 Å². The Balaban J connectivity index is 0.670. The van der Waals surface area contributed by atoms with Gasteiger partial charge in [0.1, 0.15) is 11.9 Å². The second kappa shape index (κ2) is 22.9. The number of fused-ring (bicyclic) bond motifs is 2. The van der Waals surface area contributed by atoms with E-state index in [4.69, 9.17) is 18.9 Å². The Morgan fingerprint density at radius 3 is 2.24 bits per heavy atom. The Bertz CT molecular complexity index is 2390. The van der Waals surface area contributed by atoms with Crippen molar-refractivity contribution in [3.8, 4) is 0 Å². The fraction of sp³-hybridized carbons (Fsp3) is 0.468. The Morgan fingerprint density at radius 2 is 1.52 bits per heavy atom. The topological polar surface area (TPSA) is 230 Å². The number of imide groups is 2. The number of H-pyrrole nitrogens is 1. The summed E-state index contributed by atoms with van der Waals surface area (Å²) in [6.07, 6.45) is 2.82. The van der Waals surface area contributed by atoms with Gasteiger partial charge in [0.05, 0.1) is 81.5 Å². The maximum Gasteiger partial charge on any atom is 0.264 e. The van der Waals surface area contributed by atoms with E-state index in [-0.39, 0.29) is 48.1 Å². The maximum absolute atomic E-state index is 13.9. The molecule has 0 spiro atoms. The molecular weight excluding hydrogens is 872 g/mol. The van der Waals surface area contributed by atoms with Crippen LogP contribution in [0.4, 0.5) is 15.8 Å². The molecule has 20 heteroatoms. The van der Waals surface area contributed by atoms with E-state index in [0.717, 1.165) is 31.0 Å². The number of hydrogen-bond acceptors (Lipinski definition) is 13. The largest absolute Gasteiger partial charge is 0.382 e. The first-order valence-corrected chi connectivity index (χ1v) is 22.6. The summed E-state index contributed by atoms with van der Waals surface area (Å²) in [6, 6.07) is 7.99. The van der Waals surface area contributed by atoms with Crippen molar-refractivity contribution in [1.29, 1.82) is 0 Å². The van der Waals surface area contributed by atoms with E-state index in [9.17, 15) is 38.0 Å². The summed E-state index contributed by atoms with van der Waals surface area (Å²) >= 11 is 0. The summed E-state index contributed by atoms with van der Waals surface area (Å²) < 4.78 is 36.2. The van der Waals surface area contributed by atoms with E-state index < -0.39 is 35.5 Å². The second-order valence-corrected chi connectivity index (χ2v) is 16.5. The van der Waals surface area contributed by atoms with Crippen molar-refractivity contribution in [2.24, 2.45) is 0 Å². The van der Waals surface area contributed by atoms with E-state index in [0.29, 0.717) is 124 Å². The average molecular weight is 929 g/mol. The second-order valence-electron chi connectivity index (χ2n) is 16.5. The molecule has 1 aromatic heterocycles. The lowest BCUT2D eigenvalue weighted by atomic mass is 10.0. The van der Waals surface area contributed by atoms with Crippen molar-refractivity contribution in [2.75, 3.05) is 109 Å². The highest BCUT2D eigenvalue weighted by Gasteiger charge is 2.45. The number of benzene rings is 2. The molecule has 0 aliphatic carbocycles. The number of carbonyl (C=O) groups is 7. The third-order valence-electron chi connectivity index (χ3n) is 12.0. The van der Waals surface area contributed by atoms with Gasteiger partial charge in [-0.2, -0.15) is 0 Å². The molecule has 2 fully saturated rings.